The topological polar surface area (TPSA) is 52.6 Å². The van der Waals surface area contributed by atoms with Crippen LogP contribution >= 0.6 is 0 Å². The predicted molar refractivity (Wildman–Crippen MR) is 130 cm³/mol. The van der Waals surface area contributed by atoms with Crippen molar-refractivity contribution in [2.45, 2.75) is 96.0 Å². The fourth-order valence-corrected chi connectivity index (χ4v) is 5.62. The van der Waals surface area contributed by atoms with Crippen molar-refractivity contribution in [3.63, 3.8) is 0 Å². The van der Waals surface area contributed by atoms with Crippen molar-refractivity contribution in [3.8, 4) is 0 Å². The SMILES string of the molecule is C=CC(=O)OC(CC(C1=CCCC1)=C(C)C(=O)OC1=CCCC1)(C1=CCCC1)C1=CCCC1. The number of carbonyl (C=O) groups excluding carboxylic acids is 2. The highest BCUT2D eigenvalue weighted by molar-refractivity contribution is 5.90. The number of allylic oxidation sites excluding steroid dienone is 6. The van der Waals surface area contributed by atoms with Gasteiger partial charge in [0.1, 0.15) is 5.76 Å². The summed E-state index contributed by atoms with van der Waals surface area (Å²) in [6, 6.07) is 0. The molecule has 0 unspecified atom stereocenters. The van der Waals surface area contributed by atoms with E-state index in [1.165, 1.54) is 22.8 Å². The molecule has 0 amide bonds. The maximum absolute atomic E-state index is 13.2. The van der Waals surface area contributed by atoms with Crippen LogP contribution in [0.2, 0.25) is 0 Å². The number of carbonyl (C=O) groups is 2. The van der Waals surface area contributed by atoms with E-state index in [1.54, 1.807) is 0 Å². The minimum absolute atomic E-state index is 0.282. The highest BCUT2D eigenvalue weighted by atomic mass is 16.6. The Morgan fingerprint density at radius 2 is 1.52 bits per heavy atom. The zero-order valence-electron chi connectivity index (χ0n) is 19.9. The first kappa shape index (κ1) is 23.5. The van der Waals surface area contributed by atoms with E-state index in [4.69, 9.17) is 9.47 Å². The third kappa shape index (κ3) is 5.15. The molecular formula is C29H36O4. The Balaban J connectivity index is 1.77. The second-order valence-corrected chi connectivity index (χ2v) is 9.55. The van der Waals surface area contributed by atoms with Crippen molar-refractivity contribution < 1.29 is 19.1 Å². The summed E-state index contributed by atoms with van der Waals surface area (Å²) >= 11 is 0. The van der Waals surface area contributed by atoms with Gasteiger partial charge in [0.2, 0.25) is 0 Å². The van der Waals surface area contributed by atoms with E-state index in [-0.39, 0.29) is 5.97 Å². The smallest absolute Gasteiger partial charge is 0.339 e. The molecule has 4 rings (SSSR count). The second-order valence-electron chi connectivity index (χ2n) is 9.55. The number of ether oxygens (including phenoxy) is 2. The van der Waals surface area contributed by atoms with Crippen LogP contribution in [0.25, 0.3) is 0 Å². The highest BCUT2D eigenvalue weighted by Crippen LogP contribution is 2.47. The molecule has 33 heavy (non-hydrogen) atoms. The first-order valence-electron chi connectivity index (χ1n) is 12.6. The Hall–Kier alpha value is -2.62. The normalized spacial score (nSPS) is 21.1. The lowest BCUT2D eigenvalue weighted by Gasteiger charge is -2.38. The molecule has 0 bridgehead atoms. The van der Waals surface area contributed by atoms with E-state index in [1.807, 2.05) is 13.0 Å². The summed E-state index contributed by atoms with van der Waals surface area (Å²) in [5.74, 6) is 0.0860. The number of hydrogen-bond acceptors (Lipinski definition) is 4. The van der Waals surface area contributed by atoms with Gasteiger partial charge in [0.25, 0.3) is 0 Å². The summed E-state index contributed by atoms with van der Waals surface area (Å²) in [5.41, 5.74) is 4.30. The lowest BCUT2D eigenvalue weighted by molar-refractivity contribution is -0.147. The van der Waals surface area contributed by atoms with Crippen LogP contribution in [-0.4, -0.2) is 17.5 Å². The van der Waals surface area contributed by atoms with Crippen LogP contribution in [0.15, 0.2) is 70.6 Å². The largest absolute Gasteiger partial charge is 0.446 e. The first-order valence-corrected chi connectivity index (χ1v) is 12.6. The van der Waals surface area contributed by atoms with Crippen molar-refractivity contribution in [3.05, 3.63) is 70.6 Å². The molecule has 0 fully saturated rings. The van der Waals surface area contributed by atoms with Crippen LogP contribution in [0.4, 0.5) is 0 Å². The van der Waals surface area contributed by atoms with Gasteiger partial charge in [-0.15, -0.1) is 0 Å². The molecule has 0 atom stereocenters. The fourth-order valence-electron chi connectivity index (χ4n) is 5.62. The van der Waals surface area contributed by atoms with Gasteiger partial charge in [-0.3, -0.25) is 0 Å². The van der Waals surface area contributed by atoms with Gasteiger partial charge in [0, 0.05) is 24.5 Å². The minimum Gasteiger partial charge on any atom is -0.446 e. The van der Waals surface area contributed by atoms with Crippen molar-refractivity contribution in [1.82, 2.24) is 0 Å². The molecule has 4 heteroatoms. The van der Waals surface area contributed by atoms with Crippen molar-refractivity contribution >= 4 is 11.9 Å². The van der Waals surface area contributed by atoms with Crippen LogP contribution in [0.1, 0.15) is 90.4 Å². The molecule has 0 aromatic rings. The summed E-state index contributed by atoms with van der Waals surface area (Å²) < 4.78 is 12.1. The van der Waals surface area contributed by atoms with Gasteiger partial charge in [-0.05, 0) is 106 Å². The molecule has 0 heterocycles. The third-order valence-corrected chi connectivity index (χ3v) is 7.40. The zero-order chi connectivity index (χ0) is 23.3. The van der Waals surface area contributed by atoms with Gasteiger partial charge in [-0.2, -0.15) is 0 Å². The molecule has 0 N–H and O–H groups in total. The highest BCUT2D eigenvalue weighted by Gasteiger charge is 2.44. The molecule has 0 saturated heterocycles. The predicted octanol–water partition coefficient (Wildman–Crippen LogP) is 7.10. The maximum Gasteiger partial charge on any atom is 0.339 e. The summed E-state index contributed by atoms with van der Waals surface area (Å²) in [6.07, 6.45) is 22.3. The molecule has 0 spiro atoms. The monoisotopic (exact) mass is 448 g/mol. The molecule has 0 aromatic carbocycles. The lowest BCUT2D eigenvalue weighted by atomic mass is 9.76. The molecule has 0 radical (unpaired) electrons. The molecule has 4 nitrogen and oxygen atoms in total. The van der Waals surface area contributed by atoms with E-state index >= 15 is 0 Å². The van der Waals surface area contributed by atoms with Crippen LogP contribution in [0.5, 0.6) is 0 Å². The van der Waals surface area contributed by atoms with E-state index in [9.17, 15) is 9.59 Å². The van der Waals surface area contributed by atoms with Gasteiger partial charge in [-0.25, -0.2) is 9.59 Å². The standard InChI is InChI=1S/C29H36O4/c1-3-27(30)33-29(23-14-6-7-15-23,24-16-8-9-17-24)20-26(22-12-4-5-13-22)21(2)28(31)32-25-18-10-11-19-25/h3,12,14,16,18H,1,4-11,13,15,17,19-20H2,2H3. The van der Waals surface area contributed by atoms with Gasteiger partial charge in [-0.1, -0.05) is 24.8 Å². The van der Waals surface area contributed by atoms with E-state index in [0.29, 0.717) is 12.0 Å². The molecule has 0 saturated carbocycles. The Morgan fingerprint density at radius 3 is 2.03 bits per heavy atom. The van der Waals surface area contributed by atoms with Crippen LogP contribution in [-0.2, 0) is 19.1 Å². The molecular weight excluding hydrogens is 412 g/mol. The Bertz CT molecular complexity index is 946. The van der Waals surface area contributed by atoms with Crippen molar-refractivity contribution in [1.29, 1.82) is 0 Å². The first-order chi connectivity index (χ1) is 16.0. The number of rotatable bonds is 9. The van der Waals surface area contributed by atoms with E-state index in [2.05, 4.69) is 24.8 Å². The molecule has 4 aliphatic carbocycles. The Kier molecular flexibility index (Phi) is 7.52. The number of hydrogen-bond donors (Lipinski definition) is 0. The van der Waals surface area contributed by atoms with Crippen molar-refractivity contribution in [2.75, 3.05) is 0 Å². The molecule has 176 valence electrons. The lowest BCUT2D eigenvalue weighted by Crippen LogP contribution is -2.39. The Morgan fingerprint density at radius 1 is 0.909 bits per heavy atom. The quantitative estimate of drug-likeness (QED) is 0.214. The van der Waals surface area contributed by atoms with Gasteiger partial charge >= 0.3 is 11.9 Å². The fraction of sp³-hybridized carbons (Fsp3) is 0.517. The summed E-state index contributed by atoms with van der Waals surface area (Å²) in [5, 5.41) is 0. The number of esters is 2. The van der Waals surface area contributed by atoms with Gasteiger partial charge < -0.3 is 9.47 Å². The van der Waals surface area contributed by atoms with Crippen LogP contribution in [0.3, 0.4) is 0 Å². The third-order valence-electron chi connectivity index (χ3n) is 7.40. The van der Waals surface area contributed by atoms with E-state index < -0.39 is 11.6 Å². The summed E-state index contributed by atoms with van der Waals surface area (Å²) in [6.45, 7) is 5.53. The minimum atomic E-state index is -0.842. The average Bonchev–Trinajstić information content (AvgIpc) is 3.64. The van der Waals surface area contributed by atoms with Crippen LogP contribution in [0, 0.1) is 0 Å². The zero-order valence-corrected chi connectivity index (χ0v) is 19.9. The summed E-state index contributed by atoms with van der Waals surface area (Å²) in [7, 11) is 0. The maximum atomic E-state index is 13.2. The second kappa shape index (κ2) is 10.5. The van der Waals surface area contributed by atoms with Gasteiger partial charge in [0.15, 0.2) is 5.60 Å². The average molecular weight is 449 g/mol. The summed E-state index contributed by atoms with van der Waals surface area (Å²) in [4.78, 5) is 25.9. The van der Waals surface area contributed by atoms with Gasteiger partial charge in [0.05, 0.1) is 0 Å². The Labute approximate surface area is 197 Å². The van der Waals surface area contributed by atoms with Crippen molar-refractivity contribution in [2.24, 2.45) is 0 Å². The van der Waals surface area contributed by atoms with E-state index in [0.717, 1.165) is 88.4 Å². The van der Waals surface area contributed by atoms with Crippen LogP contribution < -0.4 is 0 Å². The molecule has 0 aliphatic heterocycles. The molecule has 4 aliphatic rings. The molecule has 0 aromatic heterocycles.